The molecule has 1 heterocycles. The molecule has 0 spiro atoms. The van der Waals surface area contributed by atoms with Crippen molar-refractivity contribution in [1.29, 1.82) is 0 Å². The maximum atomic E-state index is 2.43. The first-order chi connectivity index (χ1) is 3.83. The zero-order chi connectivity index (χ0) is 5.98. The van der Waals surface area contributed by atoms with Crippen LogP contribution in [0, 0.1) is 0 Å². The van der Waals surface area contributed by atoms with E-state index >= 15 is 0 Å². The number of hydrogen-bond acceptors (Lipinski definition) is 2. The standard InChI is InChI=1S/C6H14N2.BrH.H3P/c1-3-8-5-4-7(2)6-8;;/h3-6H2,1-2H3;1H;1H3/p-1. The van der Waals surface area contributed by atoms with Crippen LogP contribution in [-0.4, -0.2) is 43.2 Å². The Kier molecular flexibility index (Phi) is 8.77. The Morgan fingerprint density at radius 2 is 1.90 bits per heavy atom. The Morgan fingerprint density at radius 1 is 1.30 bits per heavy atom. The highest BCUT2D eigenvalue weighted by atomic mass is 79.9. The first kappa shape index (κ1) is 13.4. The number of halogens is 1. The van der Waals surface area contributed by atoms with Gasteiger partial charge in [0.2, 0.25) is 0 Å². The van der Waals surface area contributed by atoms with Crippen LogP contribution in [0.4, 0.5) is 0 Å². The van der Waals surface area contributed by atoms with E-state index in [-0.39, 0.29) is 26.9 Å². The maximum absolute atomic E-state index is 2.43. The highest BCUT2D eigenvalue weighted by Gasteiger charge is 2.12. The molecule has 1 aliphatic heterocycles. The second-order valence-corrected chi connectivity index (χ2v) is 2.43. The van der Waals surface area contributed by atoms with Gasteiger partial charge in [0.15, 0.2) is 0 Å². The summed E-state index contributed by atoms with van der Waals surface area (Å²) >= 11 is 0. The highest BCUT2D eigenvalue weighted by Crippen LogP contribution is 1.98. The van der Waals surface area contributed by atoms with E-state index < -0.39 is 0 Å². The lowest BCUT2D eigenvalue weighted by molar-refractivity contribution is -0.00000198. The average molecular weight is 228 g/mol. The van der Waals surface area contributed by atoms with Crippen molar-refractivity contribution in [2.24, 2.45) is 0 Å². The van der Waals surface area contributed by atoms with Crippen LogP contribution in [-0.2, 0) is 0 Å². The molecule has 64 valence electrons. The van der Waals surface area contributed by atoms with Crippen LogP contribution >= 0.6 is 9.90 Å². The molecule has 1 aliphatic rings. The normalized spacial score (nSPS) is 19.8. The van der Waals surface area contributed by atoms with Gasteiger partial charge in [-0.2, -0.15) is 9.90 Å². The number of hydrogen-bond donors (Lipinski definition) is 0. The topological polar surface area (TPSA) is 6.48 Å². The molecule has 0 aromatic heterocycles. The summed E-state index contributed by atoms with van der Waals surface area (Å²) in [5.41, 5.74) is 0. The van der Waals surface area contributed by atoms with Gasteiger partial charge in [-0.1, -0.05) is 6.92 Å². The van der Waals surface area contributed by atoms with Crippen molar-refractivity contribution in [3.8, 4) is 0 Å². The molecule has 0 aromatic carbocycles. The minimum atomic E-state index is 0. The summed E-state index contributed by atoms with van der Waals surface area (Å²) in [5.74, 6) is 0. The molecular weight excluding hydrogens is 211 g/mol. The zero-order valence-electron chi connectivity index (χ0n) is 6.81. The van der Waals surface area contributed by atoms with Gasteiger partial charge in [0.25, 0.3) is 0 Å². The van der Waals surface area contributed by atoms with E-state index in [0.717, 1.165) is 6.67 Å². The van der Waals surface area contributed by atoms with Gasteiger partial charge in [0, 0.05) is 13.1 Å². The van der Waals surface area contributed by atoms with Gasteiger partial charge < -0.3 is 17.0 Å². The Morgan fingerprint density at radius 3 is 2.10 bits per heavy atom. The molecule has 0 saturated carbocycles. The molecular formula is C6H17BrN2P-. The van der Waals surface area contributed by atoms with Crippen molar-refractivity contribution in [2.75, 3.05) is 33.4 Å². The molecule has 0 bridgehead atoms. The molecule has 2 nitrogen and oxygen atoms in total. The quantitative estimate of drug-likeness (QED) is 0.450. The number of likely N-dealkylation sites (N-methyl/N-ethyl adjacent to an activating group) is 2. The first-order valence-corrected chi connectivity index (χ1v) is 3.24. The number of rotatable bonds is 1. The summed E-state index contributed by atoms with van der Waals surface area (Å²) in [7, 11) is 2.16. The second kappa shape index (κ2) is 6.53. The fourth-order valence-corrected chi connectivity index (χ4v) is 1.05. The van der Waals surface area contributed by atoms with Gasteiger partial charge in [0.05, 0.1) is 6.67 Å². The summed E-state index contributed by atoms with van der Waals surface area (Å²) in [5, 5.41) is 0. The van der Waals surface area contributed by atoms with Crippen molar-refractivity contribution >= 4 is 9.90 Å². The lowest BCUT2D eigenvalue weighted by atomic mass is 10.6. The van der Waals surface area contributed by atoms with E-state index in [4.69, 9.17) is 0 Å². The van der Waals surface area contributed by atoms with Gasteiger partial charge in [-0.3, -0.25) is 9.80 Å². The Bertz CT molecular complexity index is 82.1. The summed E-state index contributed by atoms with van der Waals surface area (Å²) in [4.78, 5) is 4.77. The fraction of sp³-hybridized carbons (Fsp3) is 1.00. The Balaban J connectivity index is 0. The fourth-order valence-electron chi connectivity index (χ4n) is 1.05. The van der Waals surface area contributed by atoms with Crippen molar-refractivity contribution in [3.05, 3.63) is 0 Å². The van der Waals surface area contributed by atoms with E-state index in [1.54, 1.807) is 0 Å². The highest BCUT2D eigenvalue weighted by molar-refractivity contribution is 6.92. The van der Waals surface area contributed by atoms with Crippen LogP contribution in [0.3, 0.4) is 0 Å². The van der Waals surface area contributed by atoms with Gasteiger partial charge in [0.1, 0.15) is 0 Å². The molecule has 1 atom stereocenters. The van der Waals surface area contributed by atoms with E-state index in [1.807, 2.05) is 0 Å². The third kappa shape index (κ3) is 3.87. The molecule has 0 N–H and O–H groups in total. The number of nitrogens with zero attached hydrogens (tertiary/aromatic N) is 2. The summed E-state index contributed by atoms with van der Waals surface area (Å²) in [6.07, 6.45) is 0. The van der Waals surface area contributed by atoms with E-state index in [9.17, 15) is 0 Å². The molecule has 0 aliphatic carbocycles. The Hall–Kier alpha value is 0.830. The molecule has 0 radical (unpaired) electrons. The van der Waals surface area contributed by atoms with Crippen LogP contribution < -0.4 is 17.0 Å². The molecule has 0 amide bonds. The van der Waals surface area contributed by atoms with Gasteiger partial charge in [-0.25, -0.2) is 0 Å². The van der Waals surface area contributed by atoms with Gasteiger partial charge in [-0.15, -0.1) is 0 Å². The molecule has 1 rings (SSSR count). The smallest absolute Gasteiger partial charge is 0.0504 e. The minimum absolute atomic E-state index is 0. The molecule has 4 heteroatoms. The SMILES string of the molecule is CCN1CCN(C)C1.P.[Br-]. The van der Waals surface area contributed by atoms with Crippen molar-refractivity contribution in [1.82, 2.24) is 9.80 Å². The van der Waals surface area contributed by atoms with Crippen molar-refractivity contribution in [2.45, 2.75) is 6.92 Å². The van der Waals surface area contributed by atoms with Gasteiger partial charge >= 0.3 is 0 Å². The summed E-state index contributed by atoms with van der Waals surface area (Å²) < 4.78 is 0. The van der Waals surface area contributed by atoms with E-state index in [0.29, 0.717) is 0 Å². The molecule has 10 heavy (non-hydrogen) atoms. The lowest BCUT2D eigenvalue weighted by Crippen LogP contribution is -3.00. The zero-order valence-corrected chi connectivity index (χ0v) is 9.81. The lowest BCUT2D eigenvalue weighted by Gasteiger charge is -2.10. The first-order valence-electron chi connectivity index (χ1n) is 3.24. The predicted molar refractivity (Wildman–Crippen MR) is 45.8 cm³/mol. The Labute approximate surface area is 77.3 Å². The molecule has 1 fully saturated rings. The average Bonchev–Trinajstić information content (AvgIpc) is 2.14. The largest absolute Gasteiger partial charge is 1.00 e. The van der Waals surface area contributed by atoms with Crippen molar-refractivity contribution < 1.29 is 17.0 Å². The molecule has 1 unspecified atom stereocenters. The van der Waals surface area contributed by atoms with Crippen LogP contribution in [0.5, 0.6) is 0 Å². The molecule has 0 aromatic rings. The summed E-state index contributed by atoms with van der Waals surface area (Å²) in [6.45, 7) is 7.07. The second-order valence-electron chi connectivity index (χ2n) is 2.43. The minimum Gasteiger partial charge on any atom is -1.00 e. The van der Waals surface area contributed by atoms with E-state index in [2.05, 4.69) is 23.8 Å². The molecule has 1 saturated heterocycles. The van der Waals surface area contributed by atoms with Crippen molar-refractivity contribution in [3.63, 3.8) is 0 Å². The third-order valence-electron chi connectivity index (χ3n) is 1.69. The van der Waals surface area contributed by atoms with E-state index in [1.165, 1.54) is 19.6 Å². The monoisotopic (exact) mass is 227 g/mol. The third-order valence-corrected chi connectivity index (χ3v) is 1.69. The van der Waals surface area contributed by atoms with Crippen LogP contribution in [0.25, 0.3) is 0 Å². The predicted octanol–water partition coefficient (Wildman–Crippen LogP) is -2.73. The maximum Gasteiger partial charge on any atom is 0.0504 e. The van der Waals surface area contributed by atoms with Crippen LogP contribution in [0.15, 0.2) is 0 Å². The summed E-state index contributed by atoms with van der Waals surface area (Å²) in [6, 6.07) is 0. The van der Waals surface area contributed by atoms with Crippen LogP contribution in [0.2, 0.25) is 0 Å². The van der Waals surface area contributed by atoms with Gasteiger partial charge in [-0.05, 0) is 13.6 Å². The van der Waals surface area contributed by atoms with Crippen LogP contribution in [0.1, 0.15) is 6.92 Å².